The third-order valence-corrected chi connectivity index (χ3v) is 4.24. The Morgan fingerprint density at radius 1 is 1.37 bits per heavy atom. The fourth-order valence-corrected chi connectivity index (χ4v) is 3.37. The van der Waals surface area contributed by atoms with Gasteiger partial charge in [-0.1, -0.05) is 30.9 Å². The summed E-state index contributed by atoms with van der Waals surface area (Å²) < 4.78 is 8.10. The summed E-state index contributed by atoms with van der Waals surface area (Å²) in [6, 6.07) is 0.158. The number of aromatic nitrogens is 3. The second-order valence-corrected chi connectivity index (χ2v) is 5.42. The topological polar surface area (TPSA) is 52.0 Å². The zero-order valence-electron chi connectivity index (χ0n) is 12.4. The molecule has 0 amide bonds. The van der Waals surface area contributed by atoms with Crippen LogP contribution in [0.25, 0.3) is 0 Å². The predicted molar refractivity (Wildman–Crippen MR) is 74.9 cm³/mol. The number of nitrogens with one attached hydrogen (secondary N) is 1. The lowest BCUT2D eigenvalue weighted by Gasteiger charge is -2.39. The summed E-state index contributed by atoms with van der Waals surface area (Å²) in [7, 11) is 3.95. The summed E-state index contributed by atoms with van der Waals surface area (Å²) in [5, 5.41) is 11.5. The van der Waals surface area contributed by atoms with E-state index in [-0.39, 0.29) is 11.6 Å². The number of likely N-dealkylation sites (N-methyl/N-ethyl adjacent to an activating group) is 1. The van der Waals surface area contributed by atoms with Crippen LogP contribution in [0.3, 0.4) is 0 Å². The molecule has 108 valence electrons. The van der Waals surface area contributed by atoms with E-state index in [1.54, 1.807) is 0 Å². The van der Waals surface area contributed by atoms with Gasteiger partial charge in [-0.2, -0.15) is 0 Å². The first-order valence-corrected chi connectivity index (χ1v) is 7.39. The maximum absolute atomic E-state index is 6.25. The van der Waals surface area contributed by atoms with Crippen molar-refractivity contribution in [1.82, 2.24) is 20.3 Å². The fourth-order valence-electron chi connectivity index (χ4n) is 3.37. The highest BCUT2D eigenvalue weighted by Crippen LogP contribution is 2.40. The van der Waals surface area contributed by atoms with Gasteiger partial charge in [-0.15, -0.1) is 5.10 Å². The lowest BCUT2D eigenvalue weighted by molar-refractivity contribution is -0.0782. The van der Waals surface area contributed by atoms with Crippen molar-refractivity contribution in [1.29, 1.82) is 0 Å². The van der Waals surface area contributed by atoms with E-state index >= 15 is 0 Å². The monoisotopic (exact) mass is 266 g/mol. The van der Waals surface area contributed by atoms with Crippen molar-refractivity contribution in [3.8, 4) is 0 Å². The van der Waals surface area contributed by atoms with Gasteiger partial charge in [-0.3, -0.25) is 4.68 Å². The Morgan fingerprint density at radius 2 is 2.05 bits per heavy atom. The number of hydrogen-bond acceptors (Lipinski definition) is 4. The van der Waals surface area contributed by atoms with Crippen molar-refractivity contribution in [2.45, 2.75) is 57.1 Å². The number of ether oxygens (including phenoxy) is 1. The van der Waals surface area contributed by atoms with Gasteiger partial charge in [0.2, 0.25) is 0 Å². The van der Waals surface area contributed by atoms with E-state index in [0.717, 1.165) is 25.1 Å². The first-order valence-electron chi connectivity index (χ1n) is 7.39. The molecule has 1 atom stereocenters. The highest BCUT2D eigenvalue weighted by atomic mass is 16.5. The van der Waals surface area contributed by atoms with Crippen molar-refractivity contribution < 1.29 is 4.74 Å². The van der Waals surface area contributed by atoms with Crippen LogP contribution in [0.2, 0.25) is 0 Å². The second kappa shape index (κ2) is 6.48. The third-order valence-electron chi connectivity index (χ3n) is 4.24. The van der Waals surface area contributed by atoms with Crippen LogP contribution in [0, 0.1) is 0 Å². The lowest BCUT2D eigenvalue weighted by atomic mass is 9.84. The van der Waals surface area contributed by atoms with E-state index in [1.807, 2.05) is 25.0 Å². The highest BCUT2D eigenvalue weighted by Gasteiger charge is 2.41. The predicted octanol–water partition coefficient (Wildman–Crippen LogP) is 2.21. The molecule has 0 aromatic carbocycles. The number of hydrogen-bond donors (Lipinski definition) is 1. The maximum atomic E-state index is 6.25. The molecule has 1 saturated carbocycles. The van der Waals surface area contributed by atoms with E-state index in [2.05, 4.69) is 22.6 Å². The summed E-state index contributed by atoms with van der Waals surface area (Å²) in [6.07, 6.45) is 9.18. The standard InChI is InChI=1S/C14H26N4O/c1-4-19-14(9-7-5-6-8-10-14)13(15-2)12-11-16-17-18(12)3/h11,13,15H,4-10H2,1-3H3. The van der Waals surface area contributed by atoms with Gasteiger partial charge in [0.15, 0.2) is 0 Å². The molecule has 1 aliphatic rings. The van der Waals surface area contributed by atoms with E-state index in [1.165, 1.54) is 25.7 Å². The molecule has 1 aromatic heterocycles. The first-order chi connectivity index (χ1) is 9.23. The van der Waals surface area contributed by atoms with E-state index in [9.17, 15) is 0 Å². The zero-order valence-corrected chi connectivity index (χ0v) is 12.4. The molecule has 2 rings (SSSR count). The Morgan fingerprint density at radius 3 is 2.53 bits per heavy atom. The van der Waals surface area contributed by atoms with Crippen LogP contribution in [0.4, 0.5) is 0 Å². The Labute approximate surface area is 115 Å². The van der Waals surface area contributed by atoms with Gasteiger partial charge in [0.25, 0.3) is 0 Å². The van der Waals surface area contributed by atoms with Crippen LogP contribution in [0.5, 0.6) is 0 Å². The van der Waals surface area contributed by atoms with Gasteiger partial charge >= 0.3 is 0 Å². The number of nitrogens with zero attached hydrogens (tertiary/aromatic N) is 3. The zero-order chi connectivity index (χ0) is 13.7. The van der Waals surface area contributed by atoms with Crippen molar-refractivity contribution in [3.05, 3.63) is 11.9 Å². The van der Waals surface area contributed by atoms with Crippen LogP contribution in [-0.4, -0.2) is 34.2 Å². The fraction of sp³-hybridized carbons (Fsp3) is 0.857. The molecule has 5 heteroatoms. The molecule has 1 unspecified atom stereocenters. The number of aryl methyl sites for hydroxylation is 1. The molecule has 0 radical (unpaired) electrons. The van der Waals surface area contributed by atoms with Gasteiger partial charge in [-0.05, 0) is 26.8 Å². The normalized spacial score (nSPS) is 21.0. The van der Waals surface area contributed by atoms with Gasteiger partial charge in [-0.25, -0.2) is 0 Å². The molecule has 1 heterocycles. The Bertz CT molecular complexity index is 383. The average molecular weight is 266 g/mol. The minimum atomic E-state index is -0.116. The lowest BCUT2D eigenvalue weighted by Crippen LogP contribution is -2.45. The van der Waals surface area contributed by atoms with Crippen LogP contribution in [0.15, 0.2) is 6.20 Å². The Hall–Kier alpha value is -0.940. The Balaban J connectivity index is 2.31. The first kappa shape index (κ1) is 14.5. The van der Waals surface area contributed by atoms with E-state index < -0.39 is 0 Å². The van der Waals surface area contributed by atoms with Crippen molar-refractivity contribution in [3.63, 3.8) is 0 Å². The molecule has 0 spiro atoms. The molecule has 5 nitrogen and oxygen atoms in total. The van der Waals surface area contributed by atoms with Crippen molar-refractivity contribution in [2.24, 2.45) is 7.05 Å². The SMILES string of the molecule is CCOC1(C(NC)c2cnnn2C)CCCCCC1. The van der Waals surface area contributed by atoms with Gasteiger partial charge in [0, 0.05) is 13.7 Å². The smallest absolute Gasteiger partial charge is 0.0891 e. The highest BCUT2D eigenvalue weighted by molar-refractivity contribution is 5.10. The summed E-state index contributed by atoms with van der Waals surface area (Å²) in [4.78, 5) is 0. The molecule has 19 heavy (non-hydrogen) atoms. The molecule has 0 bridgehead atoms. The quantitative estimate of drug-likeness (QED) is 0.830. The Kier molecular flexibility index (Phi) is 4.93. The summed E-state index contributed by atoms with van der Waals surface area (Å²) in [5.41, 5.74) is 0.994. The van der Waals surface area contributed by atoms with Crippen molar-refractivity contribution in [2.75, 3.05) is 13.7 Å². The second-order valence-electron chi connectivity index (χ2n) is 5.42. The van der Waals surface area contributed by atoms with Crippen LogP contribution >= 0.6 is 0 Å². The minimum Gasteiger partial charge on any atom is -0.373 e. The maximum Gasteiger partial charge on any atom is 0.0891 e. The molecular weight excluding hydrogens is 240 g/mol. The molecule has 0 saturated heterocycles. The van der Waals surface area contributed by atoms with Gasteiger partial charge in [0.05, 0.1) is 23.5 Å². The molecule has 1 aromatic rings. The minimum absolute atomic E-state index is 0.116. The molecular formula is C14H26N4O. The summed E-state index contributed by atoms with van der Waals surface area (Å²) in [5.74, 6) is 0. The van der Waals surface area contributed by atoms with E-state index in [4.69, 9.17) is 4.74 Å². The molecule has 1 N–H and O–H groups in total. The summed E-state index contributed by atoms with van der Waals surface area (Å²) in [6.45, 7) is 2.84. The summed E-state index contributed by atoms with van der Waals surface area (Å²) >= 11 is 0. The molecule has 1 aliphatic carbocycles. The average Bonchev–Trinajstić information content (AvgIpc) is 2.68. The number of rotatable bonds is 5. The van der Waals surface area contributed by atoms with Crippen LogP contribution in [0.1, 0.15) is 57.2 Å². The molecule has 1 fully saturated rings. The van der Waals surface area contributed by atoms with Gasteiger partial charge < -0.3 is 10.1 Å². The van der Waals surface area contributed by atoms with Crippen molar-refractivity contribution >= 4 is 0 Å². The van der Waals surface area contributed by atoms with E-state index in [0.29, 0.717) is 0 Å². The molecule has 0 aliphatic heterocycles. The van der Waals surface area contributed by atoms with Crippen LogP contribution in [-0.2, 0) is 11.8 Å². The largest absolute Gasteiger partial charge is 0.373 e. The van der Waals surface area contributed by atoms with Crippen LogP contribution < -0.4 is 5.32 Å². The van der Waals surface area contributed by atoms with Gasteiger partial charge in [0.1, 0.15) is 0 Å². The third kappa shape index (κ3) is 2.98.